The number of carbonyl (C=O) groups is 2. The maximum atomic E-state index is 12.8. The number of hydrogen-bond donors (Lipinski definition) is 1. The van der Waals surface area contributed by atoms with E-state index in [4.69, 9.17) is 0 Å². The molecule has 2 aliphatic rings. The fraction of sp³-hybridized carbons (Fsp3) is 0.875. The second-order valence-corrected chi connectivity index (χ2v) is 7.64. The molecule has 2 rings (SSSR count). The summed E-state index contributed by atoms with van der Waals surface area (Å²) in [6.07, 6.45) is 1.05. The minimum atomic E-state index is -0.276. The van der Waals surface area contributed by atoms with Gasteiger partial charge >= 0.3 is 0 Å². The second kappa shape index (κ2) is 5.69. The molecule has 0 radical (unpaired) electrons. The normalized spacial score (nSPS) is 27.5. The molecule has 0 aromatic heterocycles. The van der Waals surface area contributed by atoms with Crippen LogP contribution in [0.25, 0.3) is 0 Å². The van der Waals surface area contributed by atoms with Crippen molar-refractivity contribution in [3.05, 3.63) is 0 Å². The van der Waals surface area contributed by atoms with Crippen LogP contribution in [0, 0.1) is 0 Å². The third-order valence-corrected chi connectivity index (χ3v) is 4.74. The van der Waals surface area contributed by atoms with Crippen molar-refractivity contribution in [3.63, 3.8) is 0 Å². The Bertz CT molecular complexity index is 405. The lowest BCUT2D eigenvalue weighted by Crippen LogP contribution is -2.67. The minimum Gasteiger partial charge on any atom is -0.339 e. The Morgan fingerprint density at radius 3 is 2.05 bits per heavy atom. The molecule has 1 amide bonds. The van der Waals surface area contributed by atoms with Crippen LogP contribution >= 0.6 is 0 Å². The van der Waals surface area contributed by atoms with E-state index in [0.29, 0.717) is 18.6 Å². The summed E-state index contributed by atoms with van der Waals surface area (Å²) in [4.78, 5) is 29.0. The van der Waals surface area contributed by atoms with Gasteiger partial charge in [-0.25, -0.2) is 0 Å². The molecule has 5 nitrogen and oxygen atoms in total. The number of ketones is 1. The number of nitrogens with zero attached hydrogens (tertiary/aromatic N) is 2. The van der Waals surface area contributed by atoms with E-state index in [1.165, 1.54) is 0 Å². The van der Waals surface area contributed by atoms with E-state index in [-0.39, 0.29) is 23.0 Å². The smallest absolute Gasteiger partial charge is 0.239 e. The van der Waals surface area contributed by atoms with Gasteiger partial charge in [-0.05, 0) is 34.6 Å². The number of piperidine rings is 1. The largest absolute Gasteiger partial charge is 0.339 e. The highest BCUT2D eigenvalue weighted by Gasteiger charge is 2.49. The summed E-state index contributed by atoms with van der Waals surface area (Å²) in [5, 5.41) is 3.27. The maximum absolute atomic E-state index is 12.8. The zero-order chi connectivity index (χ0) is 15.8. The van der Waals surface area contributed by atoms with Crippen LogP contribution in [0.5, 0.6) is 0 Å². The summed E-state index contributed by atoms with van der Waals surface area (Å²) in [5.74, 6) is 0.482. The number of hydrogen-bond acceptors (Lipinski definition) is 4. The number of piperazine rings is 1. The zero-order valence-corrected chi connectivity index (χ0v) is 14.0. The highest BCUT2D eigenvalue weighted by molar-refractivity contribution is 5.84. The number of rotatable bonds is 2. The van der Waals surface area contributed by atoms with Gasteiger partial charge in [0, 0.05) is 50.1 Å². The van der Waals surface area contributed by atoms with Gasteiger partial charge in [0.25, 0.3) is 0 Å². The predicted molar refractivity (Wildman–Crippen MR) is 83.1 cm³/mol. The lowest BCUT2D eigenvalue weighted by atomic mass is 9.77. The Morgan fingerprint density at radius 1 is 1.10 bits per heavy atom. The van der Waals surface area contributed by atoms with E-state index >= 15 is 0 Å². The van der Waals surface area contributed by atoms with Crippen LogP contribution < -0.4 is 5.32 Å². The average Bonchev–Trinajstić information content (AvgIpc) is 2.35. The zero-order valence-electron chi connectivity index (χ0n) is 14.0. The first-order chi connectivity index (χ1) is 9.65. The summed E-state index contributed by atoms with van der Waals surface area (Å²) < 4.78 is 0. The van der Waals surface area contributed by atoms with Crippen molar-refractivity contribution in [2.45, 2.75) is 64.6 Å². The van der Waals surface area contributed by atoms with Crippen LogP contribution in [0.1, 0.15) is 47.5 Å². The molecule has 1 unspecified atom stereocenters. The Hall–Kier alpha value is -0.940. The Labute approximate surface area is 128 Å². The summed E-state index contributed by atoms with van der Waals surface area (Å²) in [5.41, 5.74) is -0.552. The molecule has 2 aliphatic heterocycles. The lowest BCUT2D eigenvalue weighted by Gasteiger charge is -2.55. The molecule has 0 aliphatic carbocycles. The molecular weight excluding hydrogens is 266 g/mol. The number of carbonyl (C=O) groups excluding carboxylic acids is 2. The first kappa shape index (κ1) is 16.4. The molecule has 0 aromatic rings. The molecule has 2 saturated heterocycles. The van der Waals surface area contributed by atoms with E-state index in [0.717, 1.165) is 26.2 Å². The van der Waals surface area contributed by atoms with Crippen LogP contribution in [-0.2, 0) is 9.59 Å². The van der Waals surface area contributed by atoms with E-state index in [2.05, 4.69) is 37.9 Å². The van der Waals surface area contributed by atoms with Gasteiger partial charge in [0.15, 0.2) is 0 Å². The molecule has 5 heteroatoms. The monoisotopic (exact) mass is 295 g/mol. The molecular formula is C16H29N3O2. The summed E-state index contributed by atoms with van der Waals surface area (Å²) in [7, 11) is 0. The van der Waals surface area contributed by atoms with Gasteiger partial charge in [0.05, 0.1) is 6.04 Å². The number of likely N-dealkylation sites (tertiary alicyclic amines) is 1. The van der Waals surface area contributed by atoms with Gasteiger partial charge in [0.1, 0.15) is 5.78 Å². The quantitative estimate of drug-likeness (QED) is 0.827. The maximum Gasteiger partial charge on any atom is 0.239 e. The minimum absolute atomic E-state index is 0.187. The molecule has 1 atom stereocenters. The van der Waals surface area contributed by atoms with Crippen molar-refractivity contribution in [2.24, 2.45) is 0 Å². The predicted octanol–water partition coefficient (Wildman–Crippen LogP) is 1.03. The van der Waals surface area contributed by atoms with Gasteiger partial charge in [-0.15, -0.1) is 0 Å². The molecule has 0 bridgehead atoms. The molecule has 0 aromatic carbocycles. The van der Waals surface area contributed by atoms with E-state index in [1.807, 2.05) is 11.8 Å². The fourth-order valence-corrected chi connectivity index (χ4v) is 4.33. The lowest BCUT2D eigenvalue weighted by molar-refractivity contribution is -0.152. The van der Waals surface area contributed by atoms with Crippen LogP contribution in [0.3, 0.4) is 0 Å². The van der Waals surface area contributed by atoms with Gasteiger partial charge in [-0.3, -0.25) is 14.5 Å². The Morgan fingerprint density at radius 2 is 1.57 bits per heavy atom. The van der Waals surface area contributed by atoms with E-state index in [9.17, 15) is 9.59 Å². The number of Topliss-reactive ketones (excluding diaryl/α,β-unsaturated/α-hetero) is 1. The molecule has 1 N–H and O–H groups in total. The number of nitrogens with one attached hydrogen (secondary N) is 1. The standard InChI is InChI=1S/C16H29N3O2/c1-12(14(21)18-8-6-17-7-9-18)19-15(2,3)10-13(20)11-16(19,4)5/h12,17H,6-11H2,1-5H3. The number of amides is 1. The Kier molecular flexibility index (Phi) is 4.45. The SMILES string of the molecule is CC(C(=O)N1CCNCC1)N1C(C)(C)CC(=O)CC1(C)C. The highest BCUT2D eigenvalue weighted by atomic mass is 16.2. The Balaban J connectivity index is 2.20. The highest BCUT2D eigenvalue weighted by Crippen LogP contribution is 2.38. The summed E-state index contributed by atoms with van der Waals surface area (Å²) in [6.45, 7) is 13.6. The van der Waals surface area contributed by atoms with Crippen LogP contribution in [0.2, 0.25) is 0 Å². The van der Waals surface area contributed by atoms with Gasteiger partial charge in [-0.2, -0.15) is 0 Å². The molecule has 2 heterocycles. The third kappa shape index (κ3) is 3.29. The fourth-order valence-electron chi connectivity index (χ4n) is 4.33. The summed E-state index contributed by atoms with van der Waals surface area (Å²) >= 11 is 0. The van der Waals surface area contributed by atoms with Crippen molar-refractivity contribution < 1.29 is 9.59 Å². The van der Waals surface area contributed by atoms with Crippen molar-refractivity contribution >= 4 is 11.7 Å². The van der Waals surface area contributed by atoms with Gasteiger partial charge in [-0.1, -0.05) is 0 Å². The van der Waals surface area contributed by atoms with Crippen molar-refractivity contribution in [1.29, 1.82) is 0 Å². The molecule has 0 spiro atoms. The molecule has 120 valence electrons. The van der Waals surface area contributed by atoms with Gasteiger partial charge in [0.2, 0.25) is 5.91 Å². The first-order valence-electron chi connectivity index (χ1n) is 7.96. The van der Waals surface area contributed by atoms with Crippen LogP contribution in [-0.4, -0.2) is 64.8 Å². The molecule has 0 saturated carbocycles. The average molecular weight is 295 g/mol. The van der Waals surface area contributed by atoms with Crippen molar-refractivity contribution in [3.8, 4) is 0 Å². The molecule has 21 heavy (non-hydrogen) atoms. The van der Waals surface area contributed by atoms with Crippen LogP contribution in [0.4, 0.5) is 0 Å². The first-order valence-corrected chi connectivity index (χ1v) is 7.96. The molecule has 2 fully saturated rings. The topological polar surface area (TPSA) is 52.7 Å². The van der Waals surface area contributed by atoms with E-state index in [1.54, 1.807) is 0 Å². The summed E-state index contributed by atoms with van der Waals surface area (Å²) in [6, 6.07) is -0.193. The van der Waals surface area contributed by atoms with Crippen molar-refractivity contribution in [2.75, 3.05) is 26.2 Å². The second-order valence-electron chi connectivity index (χ2n) is 7.64. The van der Waals surface area contributed by atoms with Gasteiger partial charge < -0.3 is 10.2 Å². The third-order valence-electron chi connectivity index (χ3n) is 4.74. The van der Waals surface area contributed by atoms with E-state index < -0.39 is 0 Å². The van der Waals surface area contributed by atoms with Crippen LogP contribution in [0.15, 0.2) is 0 Å². The van der Waals surface area contributed by atoms with Crippen molar-refractivity contribution in [1.82, 2.24) is 15.1 Å².